The normalized spacial score (nSPS) is 47.9. The number of hydrogen-bond donors (Lipinski definition) is 2. The van der Waals surface area contributed by atoms with Crippen LogP contribution < -0.4 is 0 Å². The molecule has 0 saturated carbocycles. The van der Waals surface area contributed by atoms with Gasteiger partial charge in [0, 0.05) is 11.9 Å². The van der Waals surface area contributed by atoms with Crippen LogP contribution in [0.25, 0.3) is 0 Å². The fraction of sp³-hybridized carbons (Fsp3) is 1.00. The number of rotatable bonds is 1. The molecule has 0 spiro atoms. The number of ether oxygens (including phenoxy) is 1. The Bertz CT molecular complexity index is 120. The third kappa shape index (κ3) is 1.19. The minimum atomic E-state index is -0.642. The van der Waals surface area contributed by atoms with E-state index in [-0.39, 0.29) is 18.6 Å². The summed E-state index contributed by atoms with van der Waals surface area (Å²) in [6.45, 7) is 1.73. The molecule has 3 nitrogen and oxygen atoms in total. The zero-order valence-corrected chi connectivity index (χ0v) is 5.90. The fourth-order valence-corrected chi connectivity index (χ4v) is 1.13. The largest absolute Gasteiger partial charge is 0.394 e. The maximum absolute atomic E-state index is 9.21. The van der Waals surface area contributed by atoms with Gasteiger partial charge in [-0.3, -0.25) is 0 Å². The van der Waals surface area contributed by atoms with Crippen molar-refractivity contribution >= 4 is 7.85 Å². The van der Waals surface area contributed by atoms with E-state index in [0.29, 0.717) is 0 Å². The van der Waals surface area contributed by atoms with Crippen LogP contribution in [-0.2, 0) is 4.74 Å². The standard InChI is InChI=1S/C6H11BO3/c1-3-4(2-8)10-6(7)5(3)9/h3-6,8-9H,2H2,1H3/t3-,4+,5?,6+/m0/s1. The second kappa shape index (κ2) is 2.90. The van der Waals surface area contributed by atoms with E-state index in [1.165, 1.54) is 0 Å². The van der Waals surface area contributed by atoms with Crippen LogP contribution in [0.15, 0.2) is 0 Å². The first kappa shape index (κ1) is 8.05. The highest BCUT2D eigenvalue weighted by atomic mass is 16.5. The van der Waals surface area contributed by atoms with Crippen molar-refractivity contribution in [3.63, 3.8) is 0 Å². The maximum atomic E-state index is 9.21. The third-order valence-electron chi connectivity index (χ3n) is 1.97. The van der Waals surface area contributed by atoms with Crippen LogP contribution in [0.2, 0.25) is 0 Å². The highest BCUT2D eigenvalue weighted by Gasteiger charge is 2.36. The highest BCUT2D eigenvalue weighted by molar-refractivity contribution is 6.11. The summed E-state index contributed by atoms with van der Waals surface area (Å²) in [5.41, 5.74) is 0. The average Bonchev–Trinajstić information content (AvgIpc) is 2.17. The topological polar surface area (TPSA) is 49.7 Å². The Morgan fingerprint density at radius 1 is 1.60 bits per heavy atom. The van der Waals surface area contributed by atoms with Gasteiger partial charge in [0.1, 0.15) is 7.85 Å². The van der Waals surface area contributed by atoms with Gasteiger partial charge in [0.15, 0.2) is 0 Å². The Morgan fingerprint density at radius 3 is 2.40 bits per heavy atom. The van der Waals surface area contributed by atoms with E-state index >= 15 is 0 Å². The Kier molecular flexibility index (Phi) is 2.34. The predicted octanol–water partition coefficient (Wildman–Crippen LogP) is -1.13. The molecule has 1 heterocycles. The molecule has 0 aromatic carbocycles. The van der Waals surface area contributed by atoms with Gasteiger partial charge in [-0.25, -0.2) is 0 Å². The molecule has 2 radical (unpaired) electrons. The molecule has 1 saturated heterocycles. The highest BCUT2D eigenvalue weighted by Crippen LogP contribution is 2.24. The van der Waals surface area contributed by atoms with Crippen molar-refractivity contribution in [1.82, 2.24) is 0 Å². The number of aliphatic hydroxyl groups is 2. The molecular weight excluding hydrogens is 131 g/mol. The van der Waals surface area contributed by atoms with E-state index in [1.807, 2.05) is 0 Å². The van der Waals surface area contributed by atoms with E-state index in [9.17, 15) is 5.11 Å². The summed E-state index contributed by atoms with van der Waals surface area (Å²) in [4.78, 5) is 0. The second-order valence-electron chi connectivity index (χ2n) is 2.67. The van der Waals surface area contributed by atoms with Crippen molar-refractivity contribution in [2.75, 3.05) is 6.61 Å². The van der Waals surface area contributed by atoms with Gasteiger partial charge in [0.05, 0.1) is 18.8 Å². The van der Waals surface area contributed by atoms with Crippen molar-refractivity contribution in [3.05, 3.63) is 0 Å². The Balaban J connectivity index is 2.53. The van der Waals surface area contributed by atoms with Gasteiger partial charge in [0.2, 0.25) is 0 Å². The van der Waals surface area contributed by atoms with Crippen LogP contribution in [0.4, 0.5) is 0 Å². The van der Waals surface area contributed by atoms with Gasteiger partial charge < -0.3 is 14.9 Å². The van der Waals surface area contributed by atoms with Gasteiger partial charge in [-0.15, -0.1) is 0 Å². The molecule has 1 aliphatic rings. The third-order valence-corrected chi connectivity index (χ3v) is 1.97. The summed E-state index contributed by atoms with van der Waals surface area (Å²) >= 11 is 0. The first-order chi connectivity index (χ1) is 4.66. The van der Waals surface area contributed by atoms with Crippen LogP contribution in [0, 0.1) is 5.92 Å². The van der Waals surface area contributed by atoms with E-state index in [0.717, 1.165) is 0 Å². The summed E-state index contributed by atoms with van der Waals surface area (Å²) in [5, 5.41) is 17.9. The zero-order valence-electron chi connectivity index (χ0n) is 5.90. The lowest BCUT2D eigenvalue weighted by Crippen LogP contribution is -2.26. The van der Waals surface area contributed by atoms with E-state index < -0.39 is 12.1 Å². The molecule has 56 valence electrons. The van der Waals surface area contributed by atoms with Crippen molar-refractivity contribution in [3.8, 4) is 0 Å². The lowest BCUT2D eigenvalue weighted by atomic mass is 9.89. The van der Waals surface area contributed by atoms with Gasteiger partial charge in [-0.2, -0.15) is 0 Å². The summed E-state index contributed by atoms with van der Waals surface area (Å²) in [5.74, 6) is -0.0694. The number of hydrogen-bond acceptors (Lipinski definition) is 3. The molecular formula is C6H11BO3. The molecule has 1 aliphatic heterocycles. The Labute approximate surface area is 61.4 Å². The van der Waals surface area contributed by atoms with Gasteiger partial charge >= 0.3 is 0 Å². The van der Waals surface area contributed by atoms with Crippen LogP contribution in [-0.4, -0.2) is 42.9 Å². The monoisotopic (exact) mass is 142 g/mol. The Hall–Kier alpha value is -0.0551. The fourth-order valence-electron chi connectivity index (χ4n) is 1.13. The van der Waals surface area contributed by atoms with Crippen molar-refractivity contribution < 1.29 is 14.9 Å². The summed E-state index contributed by atoms with van der Waals surface area (Å²) in [6.07, 6.45) is -0.942. The molecule has 0 bridgehead atoms. The van der Waals surface area contributed by atoms with Crippen molar-refractivity contribution in [2.45, 2.75) is 25.1 Å². The van der Waals surface area contributed by atoms with Gasteiger partial charge in [-0.1, -0.05) is 6.92 Å². The minimum absolute atomic E-state index is 0.0694. The Morgan fingerprint density at radius 2 is 2.20 bits per heavy atom. The summed E-state index contributed by atoms with van der Waals surface area (Å²) in [7, 11) is 5.35. The molecule has 1 rings (SSSR count). The molecule has 10 heavy (non-hydrogen) atoms. The lowest BCUT2D eigenvalue weighted by Gasteiger charge is -2.11. The van der Waals surface area contributed by atoms with Gasteiger partial charge in [-0.05, 0) is 0 Å². The van der Waals surface area contributed by atoms with E-state index in [1.54, 1.807) is 6.92 Å². The molecule has 1 fully saturated rings. The first-order valence-corrected chi connectivity index (χ1v) is 3.36. The molecule has 0 aromatic rings. The average molecular weight is 142 g/mol. The smallest absolute Gasteiger partial charge is 0.112 e. The van der Waals surface area contributed by atoms with Crippen LogP contribution in [0.3, 0.4) is 0 Å². The van der Waals surface area contributed by atoms with Crippen molar-refractivity contribution in [2.24, 2.45) is 5.92 Å². The van der Waals surface area contributed by atoms with Crippen molar-refractivity contribution in [1.29, 1.82) is 0 Å². The zero-order chi connectivity index (χ0) is 7.72. The van der Waals surface area contributed by atoms with Crippen LogP contribution in [0.1, 0.15) is 6.92 Å². The van der Waals surface area contributed by atoms with E-state index in [4.69, 9.17) is 17.7 Å². The molecule has 4 atom stereocenters. The summed E-state index contributed by atoms with van der Waals surface area (Å²) in [6, 6.07) is -0.632. The maximum Gasteiger partial charge on any atom is 0.112 e. The lowest BCUT2D eigenvalue weighted by molar-refractivity contribution is 0.0253. The predicted molar refractivity (Wildman–Crippen MR) is 36.7 cm³/mol. The molecule has 4 heteroatoms. The first-order valence-electron chi connectivity index (χ1n) is 3.36. The van der Waals surface area contributed by atoms with Crippen LogP contribution >= 0.6 is 0 Å². The number of aliphatic hydroxyl groups excluding tert-OH is 2. The molecule has 0 amide bonds. The van der Waals surface area contributed by atoms with Gasteiger partial charge in [0.25, 0.3) is 0 Å². The SMILES string of the molecule is [B][C@@H]1O[C@H](CO)[C@H](C)C1O. The molecule has 0 aromatic heterocycles. The molecule has 1 unspecified atom stereocenters. The molecule has 0 aliphatic carbocycles. The second-order valence-corrected chi connectivity index (χ2v) is 2.67. The quantitative estimate of drug-likeness (QED) is 0.455. The molecule has 2 N–H and O–H groups in total. The van der Waals surface area contributed by atoms with Crippen LogP contribution in [0.5, 0.6) is 0 Å². The van der Waals surface area contributed by atoms with E-state index in [2.05, 4.69) is 0 Å². The minimum Gasteiger partial charge on any atom is -0.394 e. The summed E-state index contributed by atoms with van der Waals surface area (Å²) < 4.78 is 5.01.